The lowest BCUT2D eigenvalue weighted by molar-refractivity contribution is -0.263. The monoisotopic (exact) mass is 343 g/mol. The molecule has 1 aliphatic heterocycles. The molecule has 0 bridgehead atoms. The van der Waals surface area contributed by atoms with E-state index in [1.165, 1.54) is 20.8 Å². The predicted molar refractivity (Wildman–Crippen MR) is 77.2 cm³/mol. The molecule has 22 heavy (non-hydrogen) atoms. The van der Waals surface area contributed by atoms with Gasteiger partial charge in [0, 0.05) is 0 Å². The topological polar surface area (TPSA) is 152 Å². The Bertz CT molecular complexity index is 401. The number of rotatable bonds is 6. The Kier molecular flexibility index (Phi) is 6.94. The van der Waals surface area contributed by atoms with Gasteiger partial charge < -0.3 is 39.9 Å². The minimum Gasteiger partial charge on any atom is -0.394 e. The van der Waals surface area contributed by atoms with Crippen LogP contribution in [0.15, 0.2) is 0 Å². The quantitative estimate of drug-likeness (QED) is 0.373. The summed E-state index contributed by atoms with van der Waals surface area (Å²) >= 11 is 0. The van der Waals surface area contributed by atoms with Crippen LogP contribution in [0, 0.1) is 0 Å². The molecule has 0 aliphatic carbocycles. The Balaban J connectivity index is 2.95. The summed E-state index contributed by atoms with van der Waals surface area (Å²) in [5, 5.41) is 27.1. The predicted octanol–water partition coefficient (Wildman–Crippen LogP) is -1.23. The second kappa shape index (κ2) is 7.65. The van der Waals surface area contributed by atoms with E-state index < -0.39 is 50.0 Å². The normalized spacial score (nSPS) is 36.1. The van der Waals surface area contributed by atoms with E-state index in [1.807, 2.05) is 0 Å². The highest BCUT2D eigenvalue weighted by atomic mass is 31.2. The average Bonchev–Trinajstić information content (AvgIpc) is 2.41. The van der Waals surface area contributed by atoms with Crippen LogP contribution < -0.4 is 5.73 Å². The molecule has 6 N–H and O–H groups in total. The second-order valence-corrected chi connectivity index (χ2v) is 8.74. The first-order valence-corrected chi connectivity index (χ1v) is 8.56. The number of ether oxygens (including phenoxy) is 2. The number of aliphatic hydroxyl groups is 3. The zero-order valence-corrected chi connectivity index (χ0v) is 13.8. The largest absolute Gasteiger partial charge is 0.394 e. The van der Waals surface area contributed by atoms with Crippen LogP contribution in [0.5, 0.6) is 0 Å². The Morgan fingerprint density at radius 1 is 1.32 bits per heavy atom. The van der Waals surface area contributed by atoms with Gasteiger partial charge in [0.25, 0.3) is 0 Å². The van der Waals surface area contributed by atoms with E-state index in [1.54, 1.807) is 0 Å². The van der Waals surface area contributed by atoms with Crippen molar-refractivity contribution in [3.8, 4) is 0 Å². The Morgan fingerprint density at radius 2 is 1.91 bits per heavy atom. The van der Waals surface area contributed by atoms with Crippen LogP contribution in [0.25, 0.3) is 0 Å². The molecule has 132 valence electrons. The Morgan fingerprint density at radius 3 is 2.36 bits per heavy atom. The van der Waals surface area contributed by atoms with E-state index in [-0.39, 0.29) is 13.2 Å². The van der Waals surface area contributed by atoms with Crippen molar-refractivity contribution in [1.82, 2.24) is 0 Å². The maximum absolute atomic E-state index is 12.3. The number of nitrogens with two attached hydrogens (primary N) is 1. The molecular formula is C12H26NO8P. The molecular weight excluding hydrogens is 317 g/mol. The summed E-state index contributed by atoms with van der Waals surface area (Å²) in [6.07, 6.45) is -4.81. The summed E-state index contributed by atoms with van der Waals surface area (Å²) < 4.78 is 28.0. The van der Waals surface area contributed by atoms with Crippen molar-refractivity contribution in [1.29, 1.82) is 0 Å². The minimum absolute atomic E-state index is 0.0740. The number of aliphatic hydroxyl groups excluding tert-OH is 3. The Labute approximate surface area is 129 Å². The van der Waals surface area contributed by atoms with Crippen molar-refractivity contribution in [2.24, 2.45) is 5.73 Å². The smallest absolute Gasteiger partial charge is 0.333 e. The first-order valence-electron chi connectivity index (χ1n) is 6.99. The molecule has 0 saturated carbocycles. The van der Waals surface area contributed by atoms with E-state index in [0.717, 1.165) is 0 Å². The van der Waals surface area contributed by atoms with Gasteiger partial charge in [-0.15, -0.1) is 0 Å². The van der Waals surface area contributed by atoms with Gasteiger partial charge >= 0.3 is 7.60 Å². The summed E-state index contributed by atoms with van der Waals surface area (Å²) in [4.78, 5) is 10.0. The minimum atomic E-state index is -4.09. The molecule has 0 aromatic carbocycles. The van der Waals surface area contributed by atoms with Crippen molar-refractivity contribution >= 4 is 7.60 Å². The van der Waals surface area contributed by atoms with Gasteiger partial charge in [0.15, 0.2) is 6.29 Å². The summed E-state index contributed by atoms with van der Waals surface area (Å²) in [7, 11) is -4.09. The standard InChI is InChI=1S/C12H26NO8P/c1-12(2,3)22(17,18)21-10-8(13)11(19-5-4-14)20-7(6-15)9(10)16/h7-11,14-16H,4-6,13H2,1-3H3,(H,17,18). The van der Waals surface area contributed by atoms with Crippen LogP contribution in [-0.4, -0.2) is 75.8 Å². The molecule has 1 heterocycles. The zero-order chi connectivity index (χ0) is 17.1. The number of hydrogen-bond donors (Lipinski definition) is 5. The van der Waals surface area contributed by atoms with Gasteiger partial charge in [0.05, 0.1) is 31.0 Å². The highest BCUT2D eigenvalue weighted by Gasteiger charge is 2.49. The van der Waals surface area contributed by atoms with E-state index in [2.05, 4.69) is 0 Å². The van der Waals surface area contributed by atoms with Crippen LogP contribution in [-0.2, 0) is 18.6 Å². The fourth-order valence-corrected chi connectivity index (χ4v) is 2.78. The van der Waals surface area contributed by atoms with Crippen LogP contribution in [0.2, 0.25) is 0 Å². The van der Waals surface area contributed by atoms with E-state index in [9.17, 15) is 19.7 Å². The van der Waals surface area contributed by atoms with Crippen molar-refractivity contribution in [2.75, 3.05) is 19.8 Å². The summed E-state index contributed by atoms with van der Waals surface area (Å²) in [5.74, 6) is 0. The van der Waals surface area contributed by atoms with E-state index in [4.69, 9.17) is 24.8 Å². The maximum Gasteiger partial charge on any atom is 0.333 e. The molecule has 0 aromatic heterocycles. The second-order valence-electron chi connectivity index (χ2n) is 6.15. The summed E-state index contributed by atoms with van der Waals surface area (Å²) in [6, 6.07) is -1.06. The average molecular weight is 343 g/mol. The van der Waals surface area contributed by atoms with Crippen LogP contribution in [0.3, 0.4) is 0 Å². The molecule has 1 rings (SSSR count). The molecule has 6 unspecified atom stereocenters. The maximum atomic E-state index is 12.3. The first-order chi connectivity index (χ1) is 10.0. The molecule has 0 spiro atoms. The molecule has 0 aromatic rings. The van der Waals surface area contributed by atoms with Crippen molar-refractivity contribution in [2.45, 2.75) is 56.6 Å². The molecule has 1 fully saturated rings. The fraction of sp³-hybridized carbons (Fsp3) is 1.00. The molecule has 10 heteroatoms. The molecule has 0 amide bonds. The molecule has 0 radical (unpaired) electrons. The van der Waals surface area contributed by atoms with Crippen LogP contribution in [0.1, 0.15) is 20.8 Å². The van der Waals surface area contributed by atoms with Crippen molar-refractivity contribution in [3.63, 3.8) is 0 Å². The first kappa shape index (κ1) is 20.0. The van der Waals surface area contributed by atoms with Crippen LogP contribution >= 0.6 is 7.60 Å². The lowest BCUT2D eigenvalue weighted by atomic mass is 9.98. The third-order valence-electron chi connectivity index (χ3n) is 3.39. The SMILES string of the molecule is CC(C)(C)P(=O)(O)OC1C(N)C(OCCO)OC(CO)C1O. The third-order valence-corrected chi connectivity index (χ3v) is 5.61. The van der Waals surface area contributed by atoms with Gasteiger partial charge in [-0.25, -0.2) is 0 Å². The van der Waals surface area contributed by atoms with Crippen LogP contribution in [0.4, 0.5) is 0 Å². The highest BCUT2D eigenvalue weighted by molar-refractivity contribution is 7.54. The van der Waals surface area contributed by atoms with E-state index >= 15 is 0 Å². The van der Waals surface area contributed by atoms with Gasteiger partial charge in [0.2, 0.25) is 0 Å². The lowest BCUT2D eigenvalue weighted by Gasteiger charge is -2.43. The third kappa shape index (κ3) is 4.47. The van der Waals surface area contributed by atoms with Gasteiger partial charge in [-0.3, -0.25) is 4.57 Å². The van der Waals surface area contributed by atoms with Gasteiger partial charge in [0.1, 0.15) is 18.3 Å². The molecule has 6 atom stereocenters. The molecule has 1 saturated heterocycles. The van der Waals surface area contributed by atoms with Crippen molar-refractivity contribution < 1.29 is 38.8 Å². The fourth-order valence-electron chi connectivity index (χ4n) is 1.86. The lowest BCUT2D eigenvalue weighted by Crippen LogP contribution is -2.63. The van der Waals surface area contributed by atoms with Gasteiger partial charge in [-0.05, 0) is 20.8 Å². The number of hydrogen-bond acceptors (Lipinski definition) is 8. The van der Waals surface area contributed by atoms with Gasteiger partial charge in [-0.1, -0.05) is 0 Å². The van der Waals surface area contributed by atoms with E-state index in [0.29, 0.717) is 0 Å². The summed E-state index contributed by atoms with van der Waals surface area (Å²) in [6.45, 7) is 3.68. The van der Waals surface area contributed by atoms with Crippen molar-refractivity contribution in [3.05, 3.63) is 0 Å². The highest BCUT2D eigenvalue weighted by Crippen LogP contribution is 2.56. The molecule has 9 nitrogen and oxygen atoms in total. The Hall–Kier alpha value is -0.0900. The zero-order valence-electron chi connectivity index (χ0n) is 13.0. The van der Waals surface area contributed by atoms with Gasteiger partial charge in [-0.2, -0.15) is 0 Å². The molecule has 1 aliphatic rings. The summed E-state index contributed by atoms with van der Waals surface area (Å²) in [5.41, 5.74) is 5.89.